The minimum atomic E-state index is -0.0933. The van der Waals surface area contributed by atoms with Crippen molar-refractivity contribution in [3.63, 3.8) is 0 Å². The van der Waals surface area contributed by atoms with E-state index < -0.39 is 0 Å². The second-order valence-corrected chi connectivity index (χ2v) is 9.46. The van der Waals surface area contributed by atoms with Crippen LogP contribution in [0.1, 0.15) is 37.9 Å². The van der Waals surface area contributed by atoms with Crippen LogP contribution in [0.25, 0.3) is 21.3 Å². The zero-order valence-corrected chi connectivity index (χ0v) is 17.9. The lowest BCUT2D eigenvalue weighted by molar-refractivity contribution is 0.0794. The van der Waals surface area contributed by atoms with Gasteiger partial charge in [0.05, 0.1) is 18.0 Å². The van der Waals surface area contributed by atoms with Gasteiger partial charge >= 0.3 is 0 Å². The van der Waals surface area contributed by atoms with Crippen molar-refractivity contribution in [1.82, 2.24) is 14.5 Å². The van der Waals surface area contributed by atoms with E-state index in [1.165, 1.54) is 43.4 Å². The monoisotopic (exact) mass is 418 g/mol. The molecule has 6 heteroatoms. The first-order chi connectivity index (χ1) is 14.7. The van der Waals surface area contributed by atoms with E-state index in [4.69, 9.17) is 4.98 Å². The third kappa shape index (κ3) is 3.57. The van der Waals surface area contributed by atoms with Crippen LogP contribution >= 0.6 is 11.3 Å². The summed E-state index contributed by atoms with van der Waals surface area (Å²) < 4.78 is 1.59. The Labute approximate surface area is 180 Å². The fraction of sp³-hybridized carbons (Fsp3) is 0.458. The molecular formula is C24H26N4OS. The number of nitriles is 1. The normalized spacial score (nSPS) is 22.0. The maximum atomic E-state index is 13.4. The molecule has 3 heterocycles. The standard InChI is InChI=1S/C24H26N4OS/c25-11-13-28-21(15-27-12-10-17-6-4-5-9-19(17)14-27)26-23-22(24(28)29)20(16-30-23)18-7-2-1-3-8-18/h1-3,7-8,16-17,19H,4-6,9-10,12-15H2/t17-,19-/m0/s1. The zero-order valence-electron chi connectivity index (χ0n) is 17.1. The van der Waals surface area contributed by atoms with Crippen LogP contribution in [-0.2, 0) is 13.1 Å². The molecule has 0 spiro atoms. The smallest absolute Gasteiger partial charge is 0.263 e. The van der Waals surface area contributed by atoms with Crippen molar-refractivity contribution in [2.24, 2.45) is 11.8 Å². The SMILES string of the molecule is N#CCn1c(CN2CC[C@@H]3CCCC[C@H]3C2)nc2scc(-c3ccccc3)c2c1=O. The van der Waals surface area contributed by atoms with Crippen LogP contribution in [0.4, 0.5) is 0 Å². The highest BCUT2D eigenvalue weighted by Gasteiger charge is 2.31. The Morgan fingerprint density at radius 3 is 2.73 bits per heavy atom. The predicted molar refractivity (Wildman–Crippen MR) is 120 cm³/mol. The van der Waals surface area contributed by atoms with Crippen molar-refractivity contribution in [3.8, 4) is 17.2 Å². The molecule has 2 aromatic heterocycles. The average molecular weight is 419 g/mol. The van der Waals surface area contributed by atoms with Crippen molar-refractivity contribution in [2.45, 2.75) is 45.2 Å². The Bertz CT molecular complexity index is 1140. The van der Waals surface area contributed by atoms with Crippen LogP contribution in [0, 0.1) is 23.2 Å². The Kier molecular flexibility index (Phi) is 5.41. The molecule has 1 aromatic carbocycles. The van der Waals surface area contributed by atoms with Gasteiger partial charge in [0.15, 0.2) is 0 Å². The molecule has 0 amide bonds. The molecule has 0 unspecified atom stereocenters. The topological polar surface area (TPSA) is 61.9 Å². The summed E-state index contributed by atoms with van der Waals surface area (Å²) in [6.45, 7) is 2.84. The van der Waals surface area contributed by atoms with Crippen molar-refractivity contribution >= 4 is 21.6 Å². The highest BCUT2D eigenvalue weighted by Crippen LogP contribution is 2.36. The van der Waals surface area contributed by atoms with E-state index in [0.717, 1.165) is 46.7 Å². The molecule has 1 aliphatic heterocycles. The maximum absolute atomic E-state index is 13.4. The first-order valence-corrected chi connectivity index (χ1v) is 11.8. The molecule has 0 N–H and O–H groups in total. The van der Waals surface area contributed by atoms with Gasteiger partial charge < -0.3 is 0 Å². The third-order valence-corrected chi connectivity index (χ3v) is 7.70. The largest absolute Gasteiger partial charge is 0.296 e. The molecule has 0 radical (unpaired) electrons. The van der Waals surface area contributed by atoms with Gasteiger partial charge in [-0.15, -0.1) is 11.3 Å². The molecule has 30 heavy (non-hydrogen) atoms. The lowest BCUT2D eigenvalue weighted by Gasteiger charge is -2.41. The number of fused-ring (bicyclic) bond motifs is 2. The minimum Gasteiger partial charge on any atom is -0.296 e. The molecule has 2 atom stereocenters. The lowest BCUT2D eigenvalue weighted by atomic mass is 9.75. The quantitative estimate of drug-likeness (QED) is 0.618. The van der Waals surface area contributed by atoms with E-state index >= 15 is 0 Å². The predicted octanol–water partition coefficient (Wildman–Crippen LogP) is 4.66. The number of thiophene rings is 1. The molecule has 2 aliphatic rings. The van der Waals surface area contributed by atoms with E-state index in [0.29, 0.717) is 11.9 Å². The Morgan fingerprint density at radius 2 is 1.93 bits per heavy atom. The summed E-state index contributed by atoms with van der Waals surface area (Å²) in [6.07, 6.45) is 6.66. The van der Waals surface area contributed by atoms with Crippen molar-refractivity contribution in [2.75, 3.05) is 13.1 Å². The Balaban J connectivity index is 1.50. The lowest BCUT2D eigenvalue weighted by Crippen LogP contribution is -2.42. The fourth-order valence-corrected chi connectivity index (χ4v) is 6.23. The summed E-state index contributed by atoms with van der Waals surface area (Å²) in [5, 5.41) is 12.0. The van der Waals surface area contributed by atoms with Crippen molar-refractivity contribution < 1.29 is 0 Å². The average Bonchev–Trinajstić information content (AvgIpc) is 3.21. The number of aromatic nitrogens is 2. The second-order valence-electron chi connectivity index (χ2n) is 8.60. The van der Waals surface area contributed by atoms with Crippen LogP contribution in [-0.4, -0.2) is 27.5 Å². The van der Waals surface area contributed by atoms with E-state index in [2.05, 4.69) is 11.0 Å². The van der Waals surface area contributed by atoms with Crippen molar-refractivity contribution in [1.29, 1.82) is 5.26 Å². The van der Waals surface area contributed by atoms with Crippen LogP contribution in [0.5, 0.6) is 0 Å². The van der Waals surface area contributed by atoms with Gasteiger partial charge in [0.25, 0.3) is 5.56 Å². The van der Waals surface area contributed by atoms with E-state index in [9.17, 15) is 10.1 Å². The summed E-state index contributed by atoms with van der Waals surface area (Å²) in [6, 6.07) is 12.1. The molecule has 1 saturated heterocycles. The van der Waals surface area contributed by atoms with Crippen LogP contribution in [0.3, 0.4) is 0 Å². The van der Waals surface area contributed by atoms with Gasteiger partial charge in [0.1, 0.15) is 17.2 Å². The summed E-state index contributed by atoms with van der Waals surface area (Å²) in [5.74, 6) is 2.38. The van der Waals surface area contributed by atoms with Gasteiger partial charge in [-0.05, 0) is 36.8 Å². The van der Waals surface area contributed by atoms with Crippen LogP contribution < -0.4 is 5.56 Å². The molecule has 1 saturated carbocycles. The Hall–Kier alpha value is -2.49. The van der Waals surface area contributed by atoms with Gasteiger partial charge in [0.2, 0.25) is 0 Å². The van der Waals surface area contributed by atoms with Crippen LogP contribution in [0.15, 0.2) is 40.5 Å². The summed E-state index contributed by atoms with van der Waals surface area (Å²) >= 11 is 1.52. The molecule has 154 valence electrons. The number of hydrogen-bond acceptors (Lipinski definition) is 5. The van der Waals surface area contributed by atoms with Gasteiger partial charge in [-0.2, -0.15) is 5.26 Å². The van der Waals surface area contributed by atoms with Gasteiger partial charge in [-0.25, -0.2) is 4.98 Å². The third-order valence-electron chi connectivity index (χ3n) is 6.83. The van der Waals surface area contributed by atoms with Crippen molar-refractivity contribution in [3.05, 3.63) is 51.9 Å². The number of likely N-dealkylation sites (tertiary alicyclic amines) is 1. The molecular weight excluding hydrogens is 392 g/mol. The Morgan fingerprint density at radius 1 is 1.13 bits per heavy atom. The van der Waals surface area contributed by atoms with E-state index in [1.807, 2.05) is 35.7 Å². The first-order valence-electron chi connectivity index (χ1n) is 10.9. The number of rotatable bonds is 4. The fourth-order valence-electron chi connectivity index (χ4n) is 5.27. The zero-order chi connectivity index (χ0) is 20.5. The summed E-state index contributed by atoms with van der Waals surface area (Å²) in [5.41, 5.74) is 1.83. The minimum absolute atomic E-state index is 0.0427. The number of benzene rings is 1. The maximum Gasteiger partial charge on any atom is 0.263 e. The first kappa shape index (κ1) is 19.5. The molecule has 3 aromatic rings. The van der Waals surface area contributed by atoms with E-state index in [1.54, 1.807) is 4.57 Å². The molecule has 1 aliphatic carbocycles. The molecule has 5 nitrogen and oxygen atoms in total. The summed E-state index contributed by atoms with van der Waals surface area (Å²) in [4.78, 5) is 21.5. The molecule has 0 bridgehead atoms. The highest BCUT2D eigenvalue weighted by atomic mass is 32.1. The number of piperidine rings is 1. The van der Waals surface area contributed by atoms with Gasteiger partial charge in [-0.1, -0.05) is 49.6 Å². The van der Waals surface area contributed by atoms with Gasteiger partial charge in [0, 0.05) is 17.5 Å². The number of nitrogens with zero attached hydrogens (tertiary/aromatic N) is 4. The van der Waals surface area contributed by atoms with Crippen LogP contribution in [0.2, 0.25) is 0 Å². The van der Waals surface area contributed by atoms with E-state index in [-0.39, 0.29) is 12.1 Å². The molecule has 5 rings (SSSR count). The summed E-state index contributed by atoms with van der Waals surface area (Å²) in [7, 11) is 0. The molecule has 2 fully saturated rings. The van der Waals surface area contributed by atoms with Gasteiger partial charge in [-0.3, -0.25) is 14.3 Å². The highest BCUT2D eigenvalue weighted by molar-refractivity contribution is 7.17. The number of hydrogen-bond donors (Lipinski definition) is 0. The second kappa shape index (κ2) is 8.33.